The van der Waals surface area contributed by atoms with Gasteiger partial charge in [-0.3, -0.25) is 9.78 Å². The fourth-order valence-corrected chi connectivity index (χ4v) is 3.96. The molecule has 0 spiro atoms. The topological polar surface area (TPSA) is 54.5 Å². The summed E-state index contributed by atoms with van der Waals surface area (Å²) in [5.74, 6) is 0.492. The lowest BCUT2D eigenvalue weighted by atomic mass is 9.97. The lowest BCUT2D eigenvalue weighted by Gasteiger charge is -2.29. The van der Waals surface area contributed by atoms with E-state index in [4.69, 9.17) is 4.74 Å². The number of halogens is 1. The van der Waals surface area contributed by atoms with Crippen molar-refractivity contribution in [1.29, 1.82) is 0 Å². The number of fused-ring (bicyclic) bond motifs is 1. The molecule has 1 N–H and O–H groups in total. The number of benzene rings is 1. The van der Waals surface area contributed by atoms with Crippen LogP contribution < -0.4 is 10.1 Å². The van der Waals surface area contributed by atoms with E-state index in [0.29, 0.717) is 30.0 Å². The van der Waals surface area contributed by atoms with Crippen LogP contribution in [0.25, 0.3) is 11.3 Å². The van der Waals surface area contributed by atoms with Crippen LogP contribution in [0.2, 0.25) is 0 Å². The molecule has 2 unspecified atom stereocenters. The minimum absolute atomic E-state index is 0.0362. The first kappa shape index (κ1) is 17.9. The molecule has 1 amide bonds. The van der Waals surface area contributed by atoms with E-state index in [1.807, 2.05) is 25.2 Å². The van der Waals surface area contributed by atoms with E-state index >= 15 is 0 Å². The van der Waals surface area contributed by atoms with Crippen molar-refractivity contribution in [1.82, 2.24) is 15.2 Å². The number of carbonyl (C=O) groups is 1. The van der Waals surface area contributed by atoms with Gasteiger partial charge in [-0.15, -0.1) is 0 Å². The summed E-state index contributed by atoms with van der Waals surface area (Å²) < 4.78 is 20.1. The second-order valence-electron chi connectivity index (χ2n) is 7.45. The fraction of sp³-hybridized carbons (Fsp3) is 0.429. The van der Waals surface area contributed by atoms with E-state index in [1.165, 1.54) is 12.1 Å². The molecular weight excluding hydrogens is 345 g/mol. The van der Waals surface area contributed by atoms with Crippen molar-refractivity contribution in [2.24, 2.45) is 5.92 Å². The maximum absolute atomic E-state index is 14.1. The summed E-state index contributed by atoms with van der Waals surface area (Å²) in [6, 6.07) is 8.51. The van der Waals surface area contributed by atoms with Crippen molar-refractivity contribution in [2.75, 3.05) is 26.7 Å². The van der Waals surface area contributed by atoms with Gasteiger partial charge in [0.05, 0.1) is 18.2 Å². The van der Waals surface area contributed by atoms with Gasteiger partial charge in [0, 0.05) is 30.3 Å². The number of amides is 1. The molecule has 6 heteroatoms. The van der Waals surface area contributed by atoms with Crippen molar-refractivity contribution in [3.05, 3.63) is 47.9 Å². The predicted octanol–water partition coefficient (Wildman–Crippen LogP) is 2.65. The van der Waals surface area contributed by atoms with Crippen LogP contribution in [-0.2, 0) is 11.2 Å². The highest BCUT2D eigenvalue weighted by molar-refractivity contribution is 5.79. The highest BCUT2D eigenvalue weighted by atomic mass is 19.1. The van der Waals surface area contributed by atoms with E-state index in [-0.39, 0.29) is 23.7 Å². The number of carbonyl (C=O) groups excluding carboxylic acids is 1. The number of hydrogen-bond acceptors (Lipinski definition) is 4. The Hall–Kier alpha value is -2.47. The van der Waals surface area contributed by atoms with Crippen LogP contribution in [0.15, 0.2) is 36.5 Å². The molecule has 0 saturated carbocycles. The number of pyridine rings is 1. The molecule has 0 aliphatic carbocycles. The van der Waals surface area contributed by atoms with Crippen LogP contribution in [0, 0.1) is 11.7 Å². The molecule has 1 fully saturated rings. The average molecular weight is 369 g/mol. The van der Waals surface area contributed by atoms with Gasteiger partial charge in [-0.1, -0.05) is 6.07 Å². The molecule has 0 radical (unpaired) electrons. The second kappa shape index (κ2) is 7.64. The van der Waals surface area contributed by atoms with E-state index in [9.17, 15) is 9.18 Å². The third-order valence-electron chi connectivity index (χ3n) is 5.30. The third kappa shape index (κ3) is 3.95. The fourth-order valence-electron chi connectivity index (χ4n) is 3.96. The third-order valence-corrected chi connectivity index (χ3v) is 5.30. The van der Waals surface area contributed by atoms with Gasteiger partial charge < -0.3 is 15.0 Å². The lowest BCUT2D eigenvalue weighted by Crippen LogP contribution is -2.44. The summed E-state index contributed by atoms with van der Waals surface area (Å²) in [5, 5.41) is 3.02. The highest BCUT2D eigenvalue weighted by Gasteiger charge is 2.29. The first-order chi connectivity index (χ1) is 13.1. The monoisotopic (exact) mass is 369 g/mol. The van der Waals surface area contributed by atoms with Crippen molar-refractivity contribution >= 4 is 5.91 Å². The van der Waals surface area contributed by atoms with Crippen molar-refractivity contribution in [3.8, 4) is 17.0 Å². The predicted molar refractivity (Wildman–Crippen MR) is 101 cm³/mol. The lowest BCUT2D eigenvalue weighted by molar-refractivity contribution is -0.126. The summed E-state index contributed by atoms with van der Waals surface area (Å²) in [6.07, 6.45) is 4.05. The average Bonchev–Trinajstić information content (AvgIpc) is 3.09. The van der Waals surface area contributed by atoms with Crippen molar-refractivity contribution in [2.45, 2.75) is 25.4 Å². The maximum atomic E-state index is 14.1. The highest BCUT2D eigenvalue weighted by Crippen LogP contribution is 2.38. The van der Waals surface area contributed by atoms with Gasteiger partial charge in [-0.05, 0) is 50.7 Å². The molecule has 5 nitrogen and oxygen atoms in total. The quantitative estimate of drug-likeness (QED) is 0.900. The Morgan fingerprint density at radius 1 is 1.41 bits per heavy atom. The number of aromatic nitrogens is 1. The minimum Gasteiger partial charge on any atom is -0.487 e. The number of hydrogen-bond donors (Lipinski definition) is 1. The maximum Gasteiger partial charge on any atom is 0.224 e. The Balaban J connectivity index is 1.43. The molecule has 27 heavy (non-hydrogen) atoms. The van der Waals surface area contributed by atoms with Crippen LogP contribution in [-0.4, -0.2) is 48.6 Å². The number of likely N-dealkylation sites (tertiary alicyclic amines) is 1. The summed E-state index contributed by atoms with van der Waals surface area (Å²) in [6.45, 7) is 2.27. The van der Waals surface area contributed by atoms with E-state index in [0.717, 1.165) is 31.5 Å². The molecule has 4 rings (SSSR count). The van der Waals surface area contributed by atoms with Crippen LogP contribution in [0.1, 0.15) is 18.4 Å². The Morgan fingerprint density at radius 2 is 2.30 bits per heavy atom. The first-order valence-corrected chi connectivity index (χ1v) is 9.47. The molecule has 142 valence electrons. The molecule has 0 bridgehead atoms. The zero-order valence-electron chi connectivity index (χ0n) is 15.5. The van der Waals surface area contributed by atoms with Crippen molar-refractivity contribution < 1.29 is 13.9 Å². The van der Waals surface area contributed by atoms with Gasteiger partial charge in [0.2, 0.25) is 5.91 Å². The standard InChI is InChI=1S/C21H24FN3O2/c1-25-8-4-5-14(13-25)21(26)24-12-17-10-15-9-16(22)11-18(20(15)27-17)19-6-2-3-7-23-19/h2-3,6-7,9,11,14,17H,4-5,8,10,12-13H2,1H3,(H,24,26). The molecular formula is C21H24FN3O2. The number of ether oxygens (including phenoxy) is 1. The van der Waals surface area contributed by atoms with E-state index < -0.39 is 0 Å². The molecule has 2 aliphatic heterocycles. The molecule has 1 aromatic heterocycles. The van der Waals surface area contributed by atoms with Gasteiger partial charge in [-0.2, -0.15) is 0 Å². The number of piperidine rings is 1. The van der Waals surface area contributed by atoms with Crippen LogP contribution >= 0.6 is 0 Å². The SMILES string of the molecule is CN1CCCC(C(=O)NCC2Cc3cc(F)cc(-c4ccccn4)c3O2)C1. The zero-order chi connectivity index (χ0) is 18.8. The Bertz CT molecular complexity index is 828. The van der Waals surface area contributed by atoms with Crippen LogP contribution in [0.3, 0.4) is 0 Å². The molecule has 2 atom stereocenters. The second-order valence-corrected chi connectivity index (χ2v) is 7.45. The largest absolute Gasteiger partial charge is 0.487 e. The van der Waals surface area contributed by atoms with Gasteiger partial charge in [0.1, 0.15) is 17.7 Å². The summed E-state index contributed by atoms with van der Waals surface area (Å²) in [5.41, 5.74) is 2.17. The van der Waals surface area contributed by atoms with Crippen LogP contribution in [0.5, 0.6) is 5.75 Å². The van der Waals surface area contributed by atoms with Crippen molar-refractivity contribution in [3.63, 3.8) is 0 Å². The first-order valence-electron chi connectivity index (χ1n) is 9.47. The normalized spacial score (nSPS) is 22.1. The van der Waals surface area contributed by atoms with Crippen LogP contribution in [0.4, 0.5) is 4.39 Å². The van der Waals surface area contributed by atoms with Gasteiger partial charge in [-0.25, -0.2) is 4.39 Å². The van der Waals surface area contributed by atoms with E-state index in [1.54, 1.807) is 6.20 Å². The molecule has 2 aromatic rings. The van der Waals surface area contributed by atoms with Gasteiger partial charge >= 0.3 is 0 Å². The Morgan fingerprint density at radius 3 is 3.07 bits per heavy atom. The summed E-state index contributed by atoms with van der Waals surface area (Å²) >= 11 is 0. The number of nitrogens with one attached hydrogen (secondary N) is 1. The molecule has 1 aromatic carbocycles. The molecule has 2 aliphatic rings. The zero-order valence-corrected chi connectivity index (χ0v) is 15.5. The number of rotatable bonds is 4. The minimum atomic E-state index is -0.298. The number of nitrogens with zero attached hydrogens (tertiary/aromatic N) is 2. The Kier molecular flexibility index (Phi) is 5.07. The summed E-state index contributed by atoms with van der Waals surface area (Å²) in [7, 11) is 2.05. The van der Waals surface area contributed by atoms with Gasteiger partial charge in [0.25, 0.3) is 0 Å². The Labute approximate surface area is 158 Å². The van der Waals surface area contributed by atoms with Gasteiger partial charge in [0.15, 0.2) is 0 Å². The molecule has 1 saturated heterocycles. The van der Waals surface area contributed by atoms with E-state index in [2.05, 4.69) is 15.2 Å². The summed E-state index contributed by atoms with van der Waals surface area (Å²) in [4.78, 5) is 19.0. The molecule has 3 heterocycles. The smallest absolute Gasteiger partial charge is 0.224 e.